The highest BCUT2D eigenvalue weighted by atomic mass is 127. The summed E-state index contributed by atoms with van der Waals surface area (Å²) in [7, 11) is 0. The predicted octanol–water partition coefficient (Wildman–Crippen LogP) is 2.20. The van der Waals surface area contributed by atoms with Gasteiger partial charge in [0.2, 0.25) is 3.83 Å². The molecule has 5 heteroatoms. The van der Waals surface area contributed by atoms with Crippen LogP contribution in [0, 0.1) is 3.83 Å². The summed E-state index contributed by atoms with van der Waals surface area (Å²) in [5.41, 5.74) is 1.03. The lowest BCUT2D eigenvalue weighted by Crippen LogP contribution is -1.77. The van der Waals surface area contributed by atoms with Crippen LogP contribution >= 0.6 is 34.1 Å². The highest BCUT2D eigenvalue weighted by Crippen LogP contribution is 2.20. The molecular formula is C7H4IN3S. The summed E-state index contributed by atoms with van der Waals surface area (Å²) in [6.45, 7) is 0. The van der Waals surface area contributed by atoms with E-state index in [0.717, 1.165) is 14.4 Å². The number of halogens is 1. The zero-order valence-corrected chi connectivity index (χ0v) is 8.91. The third-order valence-corrected chi connectivity index (χ3v) is 2.88. The summed E-state index contributed by atoms with van der Waals surface area (Å²) in [6.07, 6.45) is 3.53. The van der Waals surface area contributed by atoms with E-state index in [-0.39, 0.29) is 0 Å². The van der Waals surface area contributed by atoms with E-state index in [1.807, 2.05) is 12.1 Å². The lowest BCUT2D eigenvalue weighted by Gasteiger charge is -1.90. The zero-order chi connectivity index (χ0) is 8.39. The number of aromatic nitrogens is 3. The molecular weight excluding hydrogens is 285 g/mol. The minimum atomic E-state index is 0.788. The van der Waals surface area contributed by atoms with Gasteiger partial charge in [0.05, 0.1) is 0 Å². The van der Waals surface area contributed by atoms with E-state index in [4.69, 9.17) is 0 Å². The maximum atomic E-state index is 4.23. The standard InChI is InChI=1S/C7H4IN3S/c8-7-10-6(12-11-7)5-2-1-3-9-4-5/h1-4H. The van der Waals surface area contributed by atoms with Crippen LogP contribution in [0.4, 0.5) is 0 Å². The quantitative estimate of drug-likeness (QED) is 0.755. The average Bonchev–Trinajstić information content (AvgIpc) is 2.54. The van der Waals surface area contributed by atoms with Gasteiger partial charge >= 0.3 is 0 Å². The van der Waals surface area contributed by atoms with Crippen molar-refractivity contribution in [3.63, 3.8) is 0 Å². The Kier molecular flexibility index (Phi) is 2.31. The van der Waals surface area contributed by atoms with Crippen molar-refractivity contribution in [3.05, 3.63) is 28.4 Å². The monoisotopic (exact) mass is 289 g/mol. The van der Waals surface area contributed by atoms with Crippen molar-refractivity contribution in [1.82, 2.24) is 14.3 Å². The van der Waals surface area contributed by atoms with Gasteiger partial charge in [-0.15, -0.1) is 0 Å². The van der Waals surface area contributed by atoms with Crippen molar-refractivity contribution < 1.29 is 0 Å². The van der Waals surface area contributed by atoms with Crippen molar-refractivity contribution in [1.29, 1.82) is 0 Å². The van der Waals surface area contributed by atoms with E-state index in [1.54, 1.807) is 12.4 Å². The molecule has 0 N–H and O–H groups in total. The van der Waals surface area contributed by atoms with Crippen molar-refractivity contribution >= 4 is 34.1 Å². The van der Waals surface area contributed by atoms with Gasteiger partial charge < -0.3 is 0 Å². The molecule has 0 fully saturated rings. The topological polar surface area (TPSA) is 38.7 Å². The van der Waals surface area contributed by atoms with E-state index >= 15 is 0 Å². The van der Waals surface area contributed by atoms with Crippen LogP contribution in [0.25, 0.3) is 10.6 Å². The SMILES string of the molecule is Ic1nsc(-c2cccnc2)n1. The van der Waals surface area contributed by atoms with E-state index in [2.05, 4.69) is 36.9 Å². The number of rotatable bonds is 1. The Morgan fingerprint density at radius 3 is 2.92 bits per heavy atom. The normalized spacial score (nSPS) is 10.1. The van der Waals surface area contributed by atoms with Gasteiger partial charge in [-0.25, -0.2) is 4.98 Å². The smallest absolute Gasteiger partial charge is 0.203 e. The average molecular weight is 289 g/mol. The summed E-state index contributed by atoms with van der Waals surface area (Å²) < 4.78 is 4.87. The second-order valence-electron chi connectivity index (χ2n) is 2.11. The van der Waals surface area contributed by atoms with Crippen molar-refractivity contribution in [2.45, 2.75) is 0 Å². The van der Waals surface area contributed by atoms with Gasteiger partial charge in [0.1, 0.15) is 5.01 Å². The summed E-state index contributed by atoms with van der Waals surface area (Å²) >= 11 is 3.49. The highest BCUT2D eigenvalue weighted by molar-refractivity contribution is 14.1. The maximum absolute atomic E-state index is 4.23. The van der Waals surface area contributed by atoms with E-state index < -0.39 is 0 Å². The van der Waals surface area contributed by atoms with E-state index in [0.29, 0.717) is 0 Å². The zero-order valence-electron chi connectivity index (χ0n) is 5.94. The van der Waals surface area contributed by atoms with Crippen LogP contribution in [-0.2, 0) is 0 Å². The van der Waals surface area contributed by atoms with Crippen molar-refractivity contribution in [2.75, 3.05) is 0 Å². The molecule has 0 saturated carbocycles. The lowest BCUT2D eigenvalue weighted by atomic mass is 10.3. The highest BCUT2D eigenvalue weighted by Gasteiger charge is 2.02. The van der Waals surface area contributed by atoms with Crippen LogP contribution in [0.3, 0.4) is 0 Å². The van der Waals surface area contributed by atoms with Crippen molar-refractivity contribution in [3.8, 4) is 10.6 Å². The van der Waals surface area contributed by atoms with Crippen molar-refractivity contribution in [2.24, 2.45) is 0 Å². The molecule has 0 atom stereocenters. The fraction of sp³-hybridized carbons (Fsp3) is 0. The van der Waals surface area contributed by atoms with Gasteiger partial charge in [-0.2, -0.15) is 4.37 Å². The molecule has 0 radical (unpaired) electrons. The Bertz CT molecular complexity index is 373. The van der Waals surface area contributed by atoms with Crippen LogP contribution in [0.2, 0.25) is 0 Å². The number of hydrogen-bond donors (Lipinski definition) is 0. The van der Waals surface area contributed by atoms with Gasteiger partial charge in [-0.05, 0) is 23.7 Å². The fourth-order valence-corrected chi connectivity index (χ4v) is 2.07. The first kappa shape index (κ1) is 8.06. The van der Waals surface area contributed by atoms with Gasteiger partial charge in [0.25, 0.3) is 0 Å². The Morgan fingerprint density at radius 2 is 2.33 bits per heavy atom. The first-order chi connectivity index (χ1) is 5.86. The fourth-order valence-electron chi connectivity index (χ4n) is 0.812. The molecule has 0 unspecified atom stereocenters. The first-order valence-electron chi connectivity index (χ1n) is 3.26. The summed E-state index contributed by atoms with van der Waals surface area (Å²) in [5, 5.41) is 0.924. The van der Waals surface area contributed by atoms with Crippen LogP contribution in [-0.4, -0.2) is 14.3 Å². The second-order valence-corrected chi connectivity index (χ2v) is 3.83. The summed E-state index contributed by atoms with van der Waals surface area (Å²) in [6, 6.07) is 3.87. The lowest BCUT2D eigenvalue weighted by molar-refractivity contribution is 1.24. The largest absolute Gasteiger partial charge is 0.264 e. The molecule has 2 aromatic rings. The molecule has 2 heterocycles. The van der Waals surface area contributed by atoms with Crippen LogP contribution in [0.1, 0.15) is 0 Å². The Morgan fingerprint density at radius 1 is 1.42 bits per heavy atom. The third-order valence-electron chi connectivity index (χ3n) is 1.31. The molecule has 3 nitrogen and oxygen atoms in total. The third kappa shape index (κ3) is 1.61. The Labute approximate surface area is 87.2 Å². The molecule has 0 amide bonds. The number of pyridine rings is 1. The Hall–Kier alpha value is -0.560. The van der Waals surface area contributed by atoms with Gasteiger partial charge in [0, 0.05) is 40.5 Å². The molecule has 0 bridgehead atoms. The van der Waals surface area contributed by atoms with Crippen LogP contribution in [0.5, 0.6) is 0 Å². The molecule has 0 aliphatic rings. The van der Waals surface area contributed by atoms with Gasteiger partial charge in [0.15, 0.2) is 0 Å². The number of hydrogen-bond acceptors (Lipinski definition) is 4. The molecule has 0 aliphatic heterocycles. The van der Waals surface area contributed by atoms with Crippen LogP contribution in [0.15, 0.2) is 24.5 Å². The molecule has 0 aromatic carbocycles. The summed E-state index contributed by atoms with van der Waals surface area (Å²) in [5.74, 6) is 0. The van der Waals surface area contributed by atoms with Crippen LogP contribution < -0.4 is 0 Å². The molecule has 0 saturated heterocycles. The van der Waals surface area contributed by atoms with Gasteiger partial charge in [-0.3, -0.25) is 4.98 Å². The Balaban J connectivity index is 2.45. The first-order valence-corrected chi connectivity index (χ1v) is 5.11. The molecule has 60 valence electrons. The van der Waals surface area contributed by atoms with Gasteiger partial charge in [-0.1, -0.05) is 0 Å². The molecule has 2 aromatic heterocycles. The molecule has 0 spiro atoms. The molecule has 2 rings (SSSR count). The molecule has 12 heavy (non-hydrogen) atoms. The van der Waals surface area contributed by atoms with E-state index in [9.17, 15) is 0 Å². The predicted molar refractivity (Wildman–Crippen MR) is 55.9 cm³/mol. The number of nitrogens with zero attached hydrogens (tertiary/aromatic N) is 3. The minimum Gasteiger partial charge on any atom is -0.264 e. The molecule has 0 aliphatic carbocycles. The summed E-state index contributed by atoms with van der Waals surface area (Å²) in [4.78, 5) is 8.24. The maximum Gasteiger partial charge on any atom is 0.203 e. The van der Waals surface area contributed by atoms with E-state index in [1.165, 1.54) is 11.5 Å². The minimum absolute atomic E-state index is 0.788. The second kappa shape index (κ2) is 3.44.